The van der Waals surface area contributed by atoms with Crippen molar-refractivity contribution in [2.45, 2.75) is 297 Å². The number of carbonyl (C=O) groups is 3. The van der Waals surface area contributed by atoms with E-state index in [4.69, 9.17) is 14.2 Å². The van der Waals surface area contributed by atoms with Crippen LogP contribution < -0.4 is 0 Å². The molecule has 0 saturated carbocycles. The van der Waals surface area contributed by atoms with Gasteiger partial charge in [-0.05, 0) is 103 Å². The molecule has 1 unspecified atom stereocenters. The lowest BCUT2D eigenvalue weighted by Gasteiger charge is -2.18. The molecule has 69 heavy (non-hydrogen) atoms. The van der Waals surface area contributed by atoms with Gasteiger partial charge in [0.05, 0.1) is 0 Å². The van der Waals surface area contributed by atoms with Gasteiger partial charge in [0.15, 0.2) is 6.10 Å². The summed E-state index contributed by atoms with van der Waals surface area (Å²) in [4.78, 5) is 38.1. The lowest BCUT2D eigenvalue weighted by Crippen LogP contribution is -2.30. The van der Waals surface area contributed by atoms with E-state index in [1.807, 2.05) is 0 Å². The van der Waals surface area contributed by atoms with Crippen LogP contribution in [0.3, 0.4) is 0 Å². The Morgan fingerprint density at radius 2 is 0.594 bits per heavy atom. The largest absolute Gasteiger partial charge is 0.462 e. The summed E-state index contributed by atoms with van der Waals surface area (Å²) in [6, 6.07) is 0. The van der Waals surface area contributed by atoms with Crippen molar-refractivity contribution in [1.29, 1.82) is 0 Å². The Bertz CT molecular complexity index is 1290. The van der Waals surface area contributed by atoms with E-state index in [0.29, 0.717) is 19.3 Å². The summed E-state index contributed by atoms with van der Waals surface area (Å²) in [5.74, 6) is -0.929. The molecule has 0 aliphatic carbocycles. The molecule has 0 aliphatic rings. The molecule has 0 rings (SSSR count). The van der Waals surface area contributed by atoms with E-state index in [0.717, 1.165) is 116 Å². The number of rotatable bonds is 53. The second kappa shape index (κ2) is 57.4. The van der Waals surface area contributed by atoms with E-state index in [2.05, 4.69) is 93.7 Å². The number of carbonyl (C=O) groups excluding carboxylic acids is 3. The van der Waals surface area contributed by atoms with Crippen LogP contribution in [0.5, 0.6) is 0 Å². The van der Waals surface area contributed by atoms with Gasteiger partial charge in [-0.15, -0.1) is 0 Å². The predicted octanol–water partition coefficient (Wildman–Crippen LogP) is 19.8. The number of hydrogen-bond acceptors (Lipinski definition) is 6. The summed E-state index contributed by atoms with van der Waals surface area (Å²) in [7, 11) is 0. The van der Waals surface area contributed by atoms with E-state index >= 15 is 0 Å². The molecule has 0 saturated heterocycles. The highest BCUT2D eigenvalue weighted by molar-refractivity contribution is 5.71. The van der Waals surface area contributed by atoms with Crippen LogP contribution in [0.2, 0.25) is 0 Å². The van der Waals surface area contributed by atoms with Crippen LogP contribution in [-0.2, 0) is 28.6 Å². The zero-order valence-electron chi connectivity index (χ0n) is 45.6. The molecule has 0 aromatic heterocycles. The first-order valence-electron chi connectivity index (χ1n) is 29.4. The molecule has 0 heterocycles. The van der Waals surface area contributed by atoms with Crippen molar-refractivity contribution in [3.05, 3.63) is 72.9 Å². The topological polar surface area (TPSA) is 78.9 Å². The Labute approximate surface area is 427 Å². The van der Waals surface area contributed by atoms with Crippen LogP contribution in [0.4, 0.5) is 0 Å². The molecule has 6 heteroatoms. The van der Waals surface area contributed by atoms with Gasteiger partial charge in [0.2, 0.25) is 0 Å². The fourth-order valence-electron chi connectivity index (χ4n) is 8.26. The monoisotopic (exact) mass is 963 g/mol. The van der Waals surface area contributed by atoms with Crippen molar-refractivity contribution in [1.82, 2.24) is 0 Å². The summed E-state index contributed by atoms with van der Waals surface area (Å²) in [5.41, 5.74) is 0. The van der Waals surface area contributed by atoms with Crippen molar-refractivity contribution < 1.29 is 28.6 Å². The van der Waals surface area contributed by atoms with Gasteiger partial charge in [0.1, 0.15) is 13.2 Å². The van der Waals surface area contributed by atoms with Gasteiger partial charge in [0.25, 0.3) is 0 Å². The molecule has 0 aliphatic heterocycles. The van der Waals surface area contributed by atoms with E-state index in [1.54, 1.807) is 0 Å². The molecular weight excluding hydrogens is 853 g/mol. The van der Waals surface area contributed by atoms with Crippen LogP contribution in [0.1, 0.15) is 290 Å². The second-order valence-electron chi connectivity index (χ2n) is 19.5. The number of ether oxygens (including phenoxy) is 3. The molecule has 0 aromatic rings. The molecule has 6 nitrogen and oxygen atoms in total. The molecule has 0 aromatic carbocycles. The highest BCUT2D eigenvalue weighted by Crippen LogP contribution is 2.16. The second-order valence-corrected chi connectivity index (χ2v) is 19.5. The summed E-state index contributed by atoms with van der Waals surface area (Å²) < 4.78 is 16.8. The average molecular weight is 964 g/mol. The Balaban J connectivity index is 4.26. The SMILES string of the molecule is CC/C=C\C/C=C\C/C=C\CCCCCC(=O)OC(COC(=O)CCCCCCC/C=C\C/C=C\CCC)COC(=O)CCCCCCCCCCCCCCC/C=C\CCCCCCCCCC. The molecule has 0 N–H and O–H groups in total. The third kappa shape index (κ3) is 55.6. The summed E-state index contributed by atoms with van der Waals surface area (Å²) in [6.07, 6.45) is 73.4. The van der Waals surface area contributed by atoms with Crippen LogP contribution in [0, 0.1) is 0 Å². The fourth-order valence-corrected chi connectivity index (χ4v) is 8.26. The van der Waals surface area contributed by atoms with E-state index in [-0.39, 0.29) is 31.1 Å². The first-order chi connectivity index (χ1) is 34.0. The standard InChI is InChI=1S/C63H110O6/c1-4-7-10-13-16-19-22-25-26-27-28-29-30-31-32-33-34-35-36-39-41-44-47-50-53-56-62(65)68-59-60(69-63(66)57-54-51-48-45-42-38-24-21-18-15-12-9-6-3)58-67-61(64)55-52-49-46-43-40-37-23-20-17-14-11-8-5-2/h9,11-12,14,18,20-21,23,27-28,38,42,60H,4-8,10,13,15-17,19,22,24-26,29-37,39-41,43-59H2,1-3H3/b12-9-,14-11-,21-18-,23-20-,28-27-,42-38-. The molecule has 0 bridgehead atoms. The molecule has 398 valence electrons. The highest BCUT2D eigenvalue weighted by atomic mass is 16.6. The first-order valence-corrected chi connectivity index (χ1v) is 29.4. The third-order valence-electron chi connectivity index (χ3n) is 12.6. The van der Waals surface area contributed by atoms with E-state index in [9.17, 15) is 14.4 Å². The van der Waals surface area contributed by atoms with Crippen molar-refractivity contribution in [3.8, 4) is 0 Å². The summed E-state index contributed by atoms with van der Waals surface area (Å²) >= 11 is 0. The van der Waals surface area contributed by atoms with Crippen molar-refractivity contribution >= 4 is 17.9 Å². The van der Waals surface area contributed by atoms with E-state index < -0.39 is 6.10 Å². The highest BCUT2D eigenvalue weighted by Gasteiger charge is 2.19. The maximum atomic E-state index is 12.8. The minimum Gasteiger partial charge on any atom is -0.462 e. The summed E-state index contributed by atoms with van der Waals surface area (Å²) in [6.45, 7) is 6.44. The fraction of sp³-hybridized carbons (Fsp3) is 0.762. The molecular formula is C63H110O6. The van der Waals surface area contributed by atoms with Crippen LogP contribution in [-0.4, -0.2) is 37.2 Å². The van der Waals surface area contributed by atoms with Gasteiger partial charge in [-0.1, -0.05) is 241 Å². The molecule has 0 spiro atoms. The van der Waals surface area contributed by atoms with Gasteiger partial charge < -0.3 is 14.2 Å². The number of hydrogen-bond donors (Lipinski definition) is 0. The Hall–Kier alpha value is -3.15. The minimum absolute atomic E-state index is 0.0910. The maximum absolute atomic E-state index is 12.8. The molecule has 1 atom stereocenters. The van der Waals surface area contributed by atoms with Gasteiger partial charge >= 0.3 is 17.9 Å². The predicted molar refractivity (Wildman–Crippen MR) is 298 cm³/mol. The molecule has 0 amide bonds. The summed E-state index contributed by atoms with van der Waals surface area (Å²) in [5, 5.41) is 0. The Kier molecular flexibility index (Phi) is 54.8. The van der Waals surface area contributed by atoms with Crippen molar-refractivity contribution in [3.63, 3.8) is 0 Å². The maximum Gasteiger partial charge on any atom is 0.306 e. The van der Waals surface area contributed by atoms with Crippen LogP contribution in [0.15, 0.2) is 72.9 Å². The molecule has 0 radical (unpaired) electrons. The van der Waals surface area contributed by atoms with Gasteiger partial charge in [-0.3, -0.25) is 14.4 Å². The minimum atomic E-state index is -0.796. The number of allylic oxidation sites excluding steroid dienone is 12. The number of esters is 3. The zero-order chi connectivity index (χ0) is 50.0. The third-order valence-corrected chi connectivity index (χ3v) is 12.6. The normalized spacial score (nSPS) is 12.6. The number of unbranched alkanes of at least 4 members (excludes halogenated alkanes) is 30. The van der Waals surface area contributed by atoms with E-state index in [1.165, 1.54) is 135 Å². The molecule has 0 fully saturated rings. The lowest BCUT2D eigenvalue weighted by atomic mass is 10.0. The lowest BCUT2D eigenvalue weighted by molar-refractivity contribution is -0.167. The van der Waals surface area contributed by atoms with Gasteiger partial charge in [-0.25, -0.2) is 0 Å². The quantitative estimate of drug-likeness (QED) is 0.0262. The Morgan fingerprint density at radius 1 is 0.304 bits per heavy atom. The zero-order valence-corrected chi connectivity index (χ0v) is 45.6. The average Bonchev–Trinajstić information content (AvgIpc) is 3.35. The van der Waals surface area contributed by atoms with Gasteiger partial charge in [0, 0.05) is 19.3 Å². The van der Waals surface area contributed by atoms with Crippen LogP contribution >= 0.6 is 0 Å². The van der Waals surface area contributed by atoms with Crippen LogP contribution in [0.25, 0.3) is 0 Å². The first kappa shape index (κ1) is 65.8. The smallest absolute Gasteiger partial charge is 0.306 e. The van der Waals surface area contributed by atoms with Crippen molar-refractivity contribution in [2.24, 2.45) is 0 Å². The van der Waals surface area contributed by atoms with Gasteiger partial charge in [-0.2, -0.15) is 0 Å². The Morgan fingerprint density at radius 3 is 0.971 bits per heavy atom. The van der Waals surface area contributed by atoms with Crippen molar-refractivity contribution in [2.75, 3.05) is 13.2 Å².